The van der Waals surface area contributed by atoms with E-state index in [0.29, 0.717) is 11.1 Å². The minimum absolute atomic E-state index is 0.0370. The Kier molecular flexibility index (Phi) is 20.8. The highest BCUT2D eigenvalue weighted by Crippen LogP contribution is 2.14. The topological polar surface area (TPSA) is 214 Å². The summed E-state index contributed by atoms with van der Waals surface area (Å²) in [4.78, 5) is 92.6. The zero-order valence-electron chi connectivity index (χ0n) is 36.8. The largest absolute Gasteiger partial charge is 0.459 e. The third kappa shape index (κ3) is 20.0. The highest BCUT2D eigenvalue weighted by atomic mass is 32.2. The SMILES string of the molecule is C[C@@H](NC(=O)[C@@H](CSC[C@H](NC(=O)OCc1ccccc1)C(=O)OCc1ccccc1)NC(=O)CC[C@@H](NC(=O)OC(C)(C)C)C(=O)OCc1ccccc1)C(=O)OCc1ccccc1. The average molecular weight is 913 g/mol. The van der Waals surface area contributed by atoms with Crippen molar-refractivity contribution >= 4 is 53.7 Å². The van der Waals surface area contributed by atoms with Crippen LogP contribution < -0.4 is 21.3 Å². The number of carbonyl (C=O) groups excluding carboxylic acids is 7. The Hall–Kier alpha value is -6.88. The van der Waals surface area contributed by atoms with Crippen molar-refractivity contribution in [3.63, 3.8) is 0 Å². The number of hydrogen-bond acceptors (Lipinski definition) is 13. The van der Waals surface area contributed by atoms with Crippen LogP contribution in [0.15, 0.2) is 121 Å². The van der Waals surface area contributed by atoms with Gasteiger partial charge in [0, 0.05) is 17.9 Å². The molecule has 346 valence electrons. The van der Waals surface area contributed by atoms with E-state index in [2.05, 4.69) is 21.3 Å². The minimum atomic E-state index is -1.31. The van der Waals surface area contributed by atoms with Crippen molar-refractivity contribution < 1.29 is 57.2 Å². The van der Waals surface area contributed by atoms with Gasteiger partial charge in [-0.2, -0.15) is 11.8 Å². The molecule has 0 fully saturated rings. The molecule has 0 saturated carbocycles. The van der Waals surface area contributed by atoms with Gasteiger partial charge in [-0.05, 0) is 56.4 Å². The first-order valence-electron chi connectivity index (χ1n) is 20.9. The van der Waals surface area contributed by atoms with E-state index in [9.17, 15) is 33.6 Å². The van der Waals surface area contributed by atoms with E-state index in [1.165, 1.54) is 6.92 Å². The van der Waals surface area contributed by atoms with Gasteiger partial charge in [0.25, 0.3) is 0 Å². The summed E-state index contributed by atoms with van der Waals surface area (Å²) in [6.07, 6.45) is -2.41. The van der Waals surface area contributed by atoms with Gasteiger partial charge in [-0.25, -0.2) is 24.0 Å². The molecule has 4 rings (SSSR count). The van der Waals surface area contributed by atoms with E-state index >= 15 is 0 Å². The summed E-state index contributed by atoms with van der Waals surface area (Å²) in [5.74, 6) is -4.08. The van der Waals surface area contributed by atoms with Gasteiger partial charge in [0.1, 0.15) is 56.2 Å². The smallest absolute Gasteiger partial charge is 0.408 e. The molecule has 65 heavy (non-hydrogen) atoms. The molecular weight excluding hydrogens is 857 g/mol. The maximum atomic E-state index is 13.8. The van der Waals surface area contributed by atoms with Crippen molar-refractivity contribution in [2.75, 3.05) is 11.5 Å². The number of carbonyl (C=O) groups is 7. The van der Waals surface area contributed by atoms with E-state index in [1.807, 2.05) is 24.3 Å². The first-order valence-corrected chi connectivity index (χ1v) is 22.1. The monoisotopic (exact) mass is 912 g/mol. The lowest BCUT2D eigenvalue weighted by molar-refractivity contribution is -0.149. The van der Waals surface area contributed by atoms with E-state index in [4.69, 9.17) is 23.7 Å². The molecule has 4 aromatic carbocycles. The molecular formula is C48H56N4O12S. The van der Waals surface area contributed by atoms with Gasteiger partial charge in [0.05, 0.1) is 0 Å². The molecule has 16 nitrogen and oxygen atoms in total. The third-order valence-electron chi connectivity index (χ3n) is 9.03. The van der Waals surface area contributed by atoms with Gasteiger partial charge in [-0.1, -0.05) is 121 Å². The number of rotatable bonds is 23. The summed E-state index contributed by atoms with van der Waals surface area (Å²) in [7, 11) is 0. The van der Waals surface area contributed by atoms with E-state index < -0.39 is 71.7 Å². The molecule has 0 aliphatic rings. The molecule has 4 amide bonds. The van der Waals surface area contributed by atoms with E-state index in [1.54, 1.807) is 118 Å². The summed E-state index contributed by atoms with van der Waals surface area (Å²) >= 11 is 1.03. The maximum absolute atomic E-state index is 13.8. The molecule has 0 radical (unpaired) electrons. The zero-order chi connectivity index (χ0) is 47.0. The summed E-state index contributed by atoms with van der Waals surface area (Å²) in [5, 5.41) is 10.2. The number of benzene rings is 4. The predicted octanol–water partition coefficient (Wildman–Crippen LogP) is 5.91. The number of hydrogen-bond donors (Lipinski definition) is 4. The molecule has 0 saturated heterocycles. The molecule has 4 N–H and O–H groups in total. The Bertz CT molecular complexity index is 2140. The van der Waals surface area contributed by atoms with Crippen molar-refractivity contribution in [3.05, 3.63) is 144 Å². The Labute approximate surface area is 382 Å². The van der Waals surface area contributed by atoms with Crippen molar-refractivity contribution in [3.8, 4) is 0 Å². The zero-order valence-corrected chi connectivity index (χ0v) is 37.6. The summed E-state index contributed by atoms with van der Waals surface area (Å²) in [5.41, 5.74) is 1.98. The summed E-state index contributed by atoms with van der Waals surface area (Å²) < 4.78 is 27.1. The van der Waals surface area contributed by atoms with Crippen molar-refractivity contribution in [2.45, 2.75) is 96.7 Å². The third-order valence-corrected chi connectivity index (χ3v) is 10.2. The Morgan fingerprint density at radius 3 is 1.35 bits per heavy atom. The Balaban J connectivity index is 1.46. The van der Waals surface area contributed by atoms with Crippen LogP contribution in [0.2, 0.25) is 0 Å². The number of nitrogens with one attached hydrogen (secondary N) is 4. The first-order chi connectivity index (χ1) is 31.1. The van der Waals surface area contributed by atoms with E-state index in [-0.39, 0.29) is 50.8 Å². The lowest BCUT2D eigenvalue weighted by Crippen LogP contribution is -2.52. The standard InChI is InChI=1S/C48H56N4O12S/c1-33(43(55)60-27-34-17-9-5-10-18-34)49-42(54)39(50-41(53)26-25-38(51-47(59)64-48(2,3)4)44(56)61-28-35-19-11-6-12-20-35)31-65-32-40(45(57)62-29-36-21-13-7-14-22-36)52-46(58)63-30-37-23-15-8-16-24-37/h5-24,33,38-40H,25-32H2,1-4H3,(H,49,54)(H,50,53)(H,51,59)(H,52,58)/t33-,38-,39-,40+/m1/s1. The molecule has 0 unspecified atom stereocenters. The summed E-state index contributed by atoms with van der Waals surface area (Å²) in [6, 6.07) is 30.7. The number of alkyl carbamates (subject to hydrolysis) is 2. The summed E-state index contributed by atoms with van der Waals surface area (Å²) in [6.45, 7) is 6.11. The fourth-order valence-corrected chi connectivity index (χ4v) is 6.75. The lowest BCUT2D eigenvalue weighted by Gasteiger charge is -2.24. The van der Waals surface area contributed by atoms with Crippen molar-refractivity contribution in [2.24, 2.45) is 0 Å². The fourth-order valence-electron chi connectivity index (χ4n) is 5.69. The van der Waals surface area contributed by atoms with Gasteiger partial charge < -0.3 is 45.0 Å². The van der Waals surface area contributed by atoms with Crippen molar-refractivity contribution in [1.82, 2.24) is 21.3 Å². The van der Waals surface area contributed by atoms with Gasteiger partial charge in [-0.15, -0.1) is 0 Å². The maximum Gasteiger partial charge on any atom is 0.408 e. The van der Waals surface area contributed by atoms with Crippen LogP contribution in [0, 0.1) is 0 Å². The van der Waals surface area contributed by atoms with Crippen LogP contribution in [0.3, 0.4) is 0 Å². The minimum Gasteiger partial charge on any atom is -0.459 e. The molecule has 0 aliphatic heterocycles. The van der Waals surface area contributed by atoms with Gasteiger partial charge >= 0.3 is 30.1 Å². The molecule has 17 heteroatoms. The average Bonchev–Trinajstić information content (AvgIpc) is 3.29. The van der Waals surface area contributed by atoms with Gasteiger partial charge in [-0.3, -0.25) is 9.59 Å². The Morgan fingerprint density at radius 1 is 0.492 bits per heavy atom. The lowest BCUT2D eigenvalue weighted by atomic mass is 10.1. The Morgan fingerprint density at radius 2 is 0.892 bits per heavy atom. The van der Waals surface area contributed by atoms with Crippen molar-refractivity contribution in [1.29, 1.82) is 0 Å². The van der Waals surface area contributed by atoms with Crippen LogP contribution in [-0.2, 0) is 74.1 Å². The van der Waals surface area contributed by atoms with Gasteiger partial charge in [0.15, 0.2) is 0 Å². The van der Waals surface area contributed by atoms with Crippen LogP contribution in [0.5, 0.6) is 0 Å². The fraction of sp³-hybridized carbons (Fsp3) is 0.354. The molecule has 0 spiro atoms. The molecule has 0 aliphatic carbocycles. The second-order valence-corrected chi connectivity index (χ2v) is 16.7. The number of thioether (sulfide) groups is 1. The van der Waals surface area contributed by atoms with Gasteiger partial charge in [0.2, 0.25) is 11.8 Å². The number of esters is 3. The quantitative estimate of drug-likeness (QED) is 0.0504. The second kappa shape index (κ2) is 26.7. The molecule has 4 aromatic rings. The number of ether oxygens (including phenoxy) is 5. The van der Waals surface area contributed by atoms with Crippen LogP contribution in [0.1, 0.15) is 62.8 Å². The normalized spacial score (nSPS) is 12.7. The van der Waals surface area contributed by atoms with Crippen LogP contribution in [0.25, 0.3) is 0 Å². The first kappa shape index (κ1) is 50.8. The highest BCUT2D eigenvalue weighted by molar-refractivity contribution is 7.99. The number of amides is 4. The van der Waals surface area contributed by atoms with E-state index in [0.717, 1.165) is 22.9 Å². The van der Waals surface area contributed by atoms with Crippen LogP contribution >= 0.6 is 11.8 Å². The van der Waals surface area contributed by atoms with Crippen LogP contribution in [-0.4, -0.2) is 83.2 Å². The second-order valence-electron chi connectivity index (χ2n) is 15.7. The molecule has 0 bridgehead atoms. The van der Waals surface area contributed by atoms with Crippen LogP contribution in [0.4, 0.5) is 9.59 Å². The predicted molar refractivity (Wildman–Crippen MR) is 242 cm³/mol. The molecule has 0 aromatic heterocycles. The molecule has 0 heterocycles. The highest BCUT2D eigenvalue weighted by Gasteiger charge is 2.30. The molecule has 4 atom stereocenters.